The maximum atomic E-state index is 9.86. The third-order valence-electron chi connectivity index (χ3n) is 3.59. The Morgan fingerprint density at radius 2 is 2.06 bits per heavy atom. The first kappa shape index (κ1) is 14.3. The van der Waals surface area contributed by atoms with Crippen LogP contribution in [0.25, 0.3) is 0 Å². The van der Waals surface area contributed by atoms with Crippen molar-refractivity contribution in [3.05, 3.63) is 0 Å². The molecule has 0 saturated heterocycles. The predicted octanol–water partition coefficient (Wildman–Crippen LogP) is 2.66. The maximum Gasteiger partial charge on any atom is 0.0667 e. The molecule has 0 aromatic rings. The summed E-state index contributed by atoms with van der Waals surface area (Å²) in [6, 6.07) is 0. The molecule has 3 heteroatoms. The zero-order valence-corrected chi connectivity index (χ0v) is 11.6. The van der Waals surface area contributed by atoms with Crippen molar-refractivity contribution in [2.24, 2.45) is 5.92 Å². The van der Waals surface area contributed by atoms with Gasteiger partial charge in [-0.2, -0.15) is 11.8 Å². The fourth-order valence-corrected chi connectivity index (χ4v) is 2.76. The standard InChI is InChI=1S/C13H27NOS/c1-11(16-2)7-8-14-10-13(15)9-12-5-3-4-6-12/h11-15H,3-10H2,1-2H3. The van der Waals surface area contributed by atoms with Crippen LogP contribution in [0, 0.1) is 5.92 Å². The highest BCUT2D eigenvalue weighted by Crippen LogP contribution is 2.28. The topological polar surface area (TPSA) is 32.3 Å². The zero-order valence-electron chi connectivity index (χ0n) is 10.7. The normalized spacial score (nSPS) is 21.2. The quantitative estimate of drug-likeness (QED) is 0.645. The largest absolute Gasteiger partial charge is 0.392 e. The first-order valence-corrected chi connectivity index (χ1v) is 7.92. The Morgan fingerprint density at radius 3 is 2.69 bits per heavy atom. The van der Waals surface area contributed by atoms with Gasteiger partial charge in [0.05, 0.1) is 6.10 Å². The molecule has 1 fully saturated rings. The number of nitrogens with one attached hydrogen (secondary N) is 1. The van der Waals surface area contributed by atoms with E-state index in [-0.39, 0.29) is 6.10 Å². The van der Waals surface area contributed by atoms with E-state index in [0.29, 0.717) is 0 Å². The highest BCUT2D eigenvalue weighted by Gasteiger charge is 2.18. The van der Waals surface area contributed by atoms with E-state index < -0.39 is 0 Å². The molecule has 0 aromatic heterocycles. The van der Waals surface area contributed by atoms with Crippen LogP contribution in [0.2, 0.25) is 0 Å². The zero-order chi connectivity index (χ0) is 11.8. The van der Waals surface area contributed by atoms with E-state index in [1.165, 1.54) is 32.1 Å². The molecule has 0 heterocycles. The molecule has 1 rings (SSSR count). The van der Waals surface area contributed by atoms with Crippen molar-refractivity contribution in [3.8, 4) is 0 Å². The molecule has 0 aromatic carbocycles. The minimum Gasteiger partial charge on any atom is -0.392 e. The molecule has 2 nitrogen and oxygen atoms in total. The number of thioether (sulfide) groups is 1. The maximum absolute atomic E-state index is 9.86. The molecule has 2 atom stereocenters. The van der Waals surface area contributed by atoms with Crippen LogP contribution in [-0.2, 0) is 0 Å². The van der Waals surface area contributed by atoms with E-state index in [4.69, 9.17) is 0 Å². The van der Waals surface area contributed by atoms with E-state index in [0.717, 1.165) is 30.7 Å². The third kappa shape index (κ3) is 6.12. The molecular weight excluding hydrogens is 218 g/mol. The summed E-state index contributed by atoms with van der Waals surface area (Å²) >= 11 is 1.91. The van der Waals surface area contributed by atoms with E-state index in [2.05, 4.69) is 18.5 Å². The second kappa shape index (κ2) is 8.37. The second-order valence-corrected chi connectivity index (χ2v) is 6.36. The Morgan fingerprint density at radius 1 is 1.38 bits per heavy atom. The fraction of sp³-hybridized carbons (Fsp3) is 1.00. The molecule has 0 spiro atoms. The van der Waals surface area contributed by atoms with E-state index >= 15 is 0 Å². The molecule has 96 valence electrons. The molecular formula is C13H27NOS. The van der Waals surface area contributed by atoms with E-state index in [1.54, 1.807) is 0 Å². The van der Waals surface area contributed by atoms with Gasteiger partial charge in [0.2, 0.25) is 0 Å². The van der Waals surface area contributed by atoms with Gasteiger partial charge >= 0.3 is 0 Å². The molecule has 0 bridgehead atoms. The first-order valence-electron chi connectivity index (χ1n) is 6.64. The monoisotopic (exact) mass is 245 g/mol. The van der Waals surface area contributed by atoms with Crippen molar-refractivity contribution in [3.63, 3.8) is 0 Å². The van der Waals surface area contributed by atoms with Crippen LogP contribution in [0.5, 0.6) is 0 Å². The summed E-state index contributed by atoms with van der Waals surface area (Å²) in [5, 5.41) is 13.9. The lowest BCUT2D eigenvalue weighted by Gasteiger charge is -2.16. The van der Waals surface area contributed by atoms with Crippen molar-refractivity contribution in [1.82, 2.24) is 5.32 Å². The van der Waals surface area contributed by atoms with Crippen LogP contribution in [0.3, 0.4) is 0 Å². The minimum atomic E-state index is -0.132. The van der Waals surface area contributed by atoms with Gasteiger partial charge in [-0.3, -0.25) is 0 Å². The molecule has 2 unspecified atom stereocenters. The minimum absolute atomic E-state index is 0.132. The van der Waals surface area contributed by atoms with Crippen LogP contribution in [0.15, 0.2) is 0 Å². The van der Waals surface area contributed by atoms with Gasteiger partial charge < -0.3 is 10.4 Å². The van der Waals surface area contributed by atoms with Crippen molar-refractivity contribution in [2.45, 2.75) is 56.8 Å². The molecule has 1 aliphatic carbocycles. The Bertz CT molecular complexity index is 171. The van der Waals surface area contributed by atoms with Crippen LogP contribution < -0.4 is 5.32 Å². The third-order valence-corrected chi connectivity index (χ3v) is 4.63. The van der Waals surface area contributed by atoms with E-state index in [9.17, 15) is 5.11 Å². The fourth-order valence-electron chi connectivity index (χ4n) is 2.41. The van der Waals surface area contributed by atoms with Gasteiger partial charge in [0.25, 0.3) is 0 Å². The first-order chi connectivity index (χ1) is 7.72. The van der Waals surface area contributed by atoms with Gasteiger partial charge in [-0.1, -0.05) is 32.6 Å². The van der Waals surface area contributed by atoms with Gasteiger partial charge in [-0.15, -0.1) is 0 Å². The highest BCUT2D eigenvalue weighted by molar-refractivity contribution is 7.99. The van der Waals surface area contributed by atoms with Gasteiger partial charge in [-0.05, 0) is 31.6 Å². The Balaban J connectivity index is 1.95. The van der Waals surface area contributed by atoms with Crippen molar-refractivity contribution < 1.29 is 5.11 Å². The number of aliphatic hydroxyl groups excluding tert-OH is 1. The Kier molecular flexibility index (Phi) is 7.50. The summed E-state index contributed by atoms with van der Waals surface area (Å²) in [5.74, 6) is 0.793. The summed E-state index contributed by atoms with van der Waals surface area (Å²) in [7, 11) is 0. The van der Waals surface area contributed by atoms with Crippen molar-refractivity contribution >= 4 is 11.8 Å². The number of rotatable bonds is 8. The molecule has 2 N–H and O–H groups in total. The average Bonchev–Trinajstić information content (AvgIpc) is 2.76. The molecule has 16 heavy (non-hydrogen) atoms. The van der Waals surface area contributed by atoms with Crippen LogP contribution in [-0.4, -0.2) is 35.8 Å². The van der Waals surface area contributed by atoms with Gasteiger partial charge in [-0.25, -0.2) is 0 Å². The lowest BCUT2D eigenvalue weighted by Crippen LogP contribution is -2.29. The molecule has 1 aliphatic rings. The Hall–Kier alpha value is 0.270. The average molecular weight is 245 g/mol. The summed E-state index contributed by atoms with van der Waals surface area (Å²) in [5.41, 5.74) is 0. The Labute approximate surface area is 105 Å². The summed E-state index contributed by atoms with van der Waals surface area (Å²) in [4.78, 5) is 0. The van der Waals surface area contributed by atoms with Crippen molar-refractivity contribution in [2.75, 3.05) is 19.3 Å². The molecule has 0 aliphatic heterocycles. The lowest BCUT2D eigenvalue weighted by atomic mass is 10.00. The predicted molar refractivity (Wildman–Crippen MR) is 73.0 cm³/mol. The van der Waals surface area contributed by atoms with Crippen molar-refractivity contribution in [1.29, 1.82) is 0 Å². The molecule has 1 saturated carbocycles. The SMILES string of the molecule is CSC(C)CCNCC(O)CC1CCCC1. The number of hydrogen-bond acceptors (Lipinski definition) is 3. The number of aliphatic hydroxyl groups is 1. The van der Waals surface area contributed by atoms with Gasteiger partial charge in [0, 0.05) is 11.8 Å². The number of hydrogen-bond donors (Lipinski definition) is 2. The smallest absolute Gasteiger partial charge is 0.0667 e. The summed E-state index contributed by atoms with van der Waals surface area (Å²) in [6.07, 6.45) is 9.63. The highest BCUT2D eigenvalue weighted by atomic mass is 32.2. The summed E-state index contributed by atoms with van der Waals surface area (Å²) in [6.45, 7) is 4.06. The molecule has 0 amide bonds. The van der Waals surface area contributed by atoms with Crippen LogP contribution >= 0.6 is 11.8 Å². The summed E-state index contributed by atoms with van der Waals surface area (Å²) < 4.78 is 0. The van der Waals surface area contributed by atoms with Gasteiger partial charge in [0.1, 0.15) is 0 Å². The van der Waals surface area contributed by atoms with Crippen LogP contribution in [0.1, 0.15) is 45.4 Å². The lowest BCUT2D eigenvalue weighted by molar-refractivity contribution is 0.141. The van der Waals surface area contributed by atoms with Crippen LogP contribution in [0.4, 0.5) is 0 Å². The second-order valence-electron chi connectivity index (χ2n) is 5.08. The van der Waals surface area contributed by atoms with E-state index in [1.807, 2.05) is 11.8 Å². The molecule has 0 radical (unpaired) electrons. The van der Waals surface area contributed by atoms with Gasteiger partial charge in [0.15, 0.2) is 0 Å².